The van der Waals surface area contributed by atoms with Gasteiger partial charge in [-0.25, -0.2) is 4.79 Å². The van der Waals surface area contributed by atoms with Crippen molar-refractivity contribution >= 4 is 11.9 Å². The molecule has 0 aliphatic carbocycles. The molecule has 1 aromatic rings. The zero-order valence-electron chi connectivity index (χ0n) is 9.05. The van der Waals surface area contributed by atoms with Crippen LogP contribution < -0.4 is 0 Å². The number of ether oxygens (including phenoxy) is 1. The van der Waals surface area contributed by atoms with Crippen LogP contribution in [0.4, 0.5) is 0 Å². The second kappa shape index (κ2) is 4.35. The number of carbonyl (C=O) groups is 2. The number of amides is 1. The molecular weight excluding hydrogens is 206 g/mol. The van der Waals surface area contributed by atoms with E-state index < -0.39 is 0 Å². The lowest BCUT2D eigenvalue weighted by Crippen LogP contribution is -2.18. The lowest BCUT2D eigenvalue weighted by molar-refractivity contribution is -0.146. The number of esters is 1. The van der Waals surface area contributed by atoms with Gasteiger partial charge in [0.25, 0.3) is 0 Å². The Balaban J connectivity index is 1.80. The smallest absolute Gasteiger partial charge is 0.331 e. The molecule has 1 heterocycles. The monoisotopic (exact) mass is 219 g/mol. The largest absolute Gasteiger partial charge is 0.459 e. The zero-order chi connectivity index (χ0) is 11.5. The summed E-state index contributed by atoms with van der Waals surface area (Å²) >= 11 is 0. The standard InChI is InChI=1S/C12H13NO3/c1-9(14)13-7-11(13)12(15)16-8-10-5-3-2-4-6-10/h2-6,11H,7-8H2,1H3. The number of rotatable bonds is 3. The summed E-state index contributed by atoms with van der Waals surface area (Å²) in [7, 11) is 0. The van der Waals surface area contributed by atoms with Gasteiger partial charge in [0.05, 0.1) is 6.54 Å². The molecule has 0 N–H and O–H groups in total. The normalized spacial score (nSPS) is 18.1. The van der Waals surface area contributed by atoms with E-state index in [1.54, 1.807) is 0 Å². The summed E-state index contributed by atoms with van der Waals surface area (Å²) in [4.78, 5) is 23.9. The highest BCUT2D eigenvalue weighted by Crippen LogP contribution is 2.19. The summed E-state index contributed by atoms with van der Waals surface area (Å²) < 4.78 is 5.10. The molecule has 0 aromatic heterocycles. The molecule has 1 amide bonds. The molecule has 0 radical (unpaired) electrons. The highest BCUT2D eigenvalue weighted by Gasteiger charge is 2.43. The minimum absolute atomic E-state index is 0.0818. The summed E-state index contributed by atoms with van der Waals surface area (Å²) in [5, 5.41) is 0. The topological polar surface area (TPSA) is 46.4 Å². The number of nitrogens with zero attached hydrogens (tertiary/aromatic N) is 1. The number of carbonyl (C=O) groups excluding carboxylic acids is 2. The van der Waals surface area contributed by atoms with Gasteiger partial charge in [0.2, 0.25) is 5.91 Å². The molecule has 1 saturated heterocycles. The molecule has 1 aromatic carbocycles. The van der Waals surface area contributed by atoms with Gasteiger partial charge in [0.15, 0.2) is 0 Å². The summed E-state index contributed by atoms with van der Waals surface area (Å²) in [5.74, 6) is -0.402. The molecule has 84 valence electrons. The van der Waals surface area contributed by atoms with E-state index in [-0.39, 0.29) is 24.5 Å². The van der Waals surface area contributed by atoms with Crippen LogP contribution >= 0.6 is 0 Å². The minimum atomic E-state index is -0.360. The Hall–Kier alpha value is -1.84. The van der Waals surface area contributed by atoms with Gasteiger partial charge >= 0.3 is 5.97 Å². The maximum atomic E-state index is 11.5. The molecule has 1 aliphatic rings. The lowest BCUT2D eigenvalue weighted by atomic mass is 10.2. The third-order valence-corrected chi connectivity index (χ3v) is 2.51. The first-order valence-corrected chi connectivity index (χ1v) is 5.16. The van der Waals surface area contributed by atoms with Gasteiger partial charge in [-0.3, -0.25) is 4.79 Å². The van der Waals surface area contributed by atoms with Crippen molar-refractivity contribution < 1.29 is 14.3 Å². The first-order chi connectivity index (χ1) is 7.68. The van der Waals surface area contributed by atoms with Crippen molar-refractivity contribution in [3.63, 3.8) is 0 Å². The van der Waals surface area contributed by atoms with Crippen LogP contribution in [0.1, 0.15) is 12.5 Å². The van der Waals surface area contributed by atoms with E-state index in [2.05, 4.69) is 0 Å². The van der Waals surface area contributed by atoms with Crippen LogP contribution in [0.25, 0.3) is 0 Å². The van der Waals surface area contributed by atoms with Crippen molar-refractivity contribution in [2.45, 2.75) is 19.6 Å². The molecule has 1 unspecified atom stereocenters. The highest BCUT2D eigenvalue weighted by atomic mass is 16.5. The molecule has 4 nitrogen and oxygen atoms in total. The average molecular weight is 219 g/mol. The summed E-state index contributed by atoms with van der Waals surface area (Å²) in [6, 6.07) is 9.11. The van der Waals surface area contributed by atoms with Crippen molar-refractivity contribution in [3.05, 3.63) is 35.9 Å². The molecule has 4 heteroatoms. The van der Waals surface area contributed by atoms with Crippen LogP contribution in [0.3, 0.4) is 0 Å². The van der Waals surface area contributed by atoms with E-state index in [1.807, 2.05) is 30.3 Å². The molecule has 2 rings (SSSR count). The van der Waals surface area contributed by atoms with Crippen LogP contribution in [0.2, 0.25) is 0 Å². The predicted octanol–water partition coefficient (Wildman–Crippen LogP) is 0.960. The van der Waals surface area contributed by atoms with Crippen molar-refractivity contribution in [2.75, 3.05) is 6.54 Å². The van der Waals surface area contributed by atoms with E-state index in [4.69, 9.17) is 4.74 Å². The molecule has 16 heavy (non-hydrogen) atoms. The first kappa shape index (κ1) is 10.7. The molecule has 1 atom stereocenters. The molecule has 1 fully saturated rings. The SMILES string of the molecule is CC(=O)N1CC1C(=O)OCc1ccccc1. The Bertz CT molecular complexity index is 402. The van der Waals surface area contributed by atoms with Gasteiger partial charge in [-0.1, -0.05) is 30.3 Å². The van der Waals surface area contributed by atoms with E-state index in [0.29, 0.717) is 6.54 Å². The Kier molecular flexibility index (Phi) is 2.90. The van der Waals surface area contributed by atoms with Gasteiger partial charge < -0.3 is 9.64 Å². The van der Waals surface area contributed by atoms with Gasteiger partial charge in [-0.15, -0.1) is 0 Å². The second-order valence-corrected chi connectivity index (χ2v) is 3.78. The Labute approximate surface area is 93.8 Å². The van der Waals surface area contributed by atoms with Crippen LogP contribution in [-0.4, -0.2) is 29.4 Å². The lowest BCUT2D eigenvalue weighted by Gasteiger charge is -2.04. The quantitative estimate of drug-likeness (QED) is 0.562. The van der Waals surface area contributed by atoms with Crippen LogP contribution in [0, 0.1) is 0 Å². The zero-order valence-corrected chi connectivity index (χ0v) is 9.05. The van der Waals surface area contributed by atoms with Crippen LogP contribution in [0.5, 0.6) is 0 Å². The number of hydrogen-bond acceptors (Lipinski definition) is 3. The Morgan fingerprint density at radius 2 is 2.06 bits per heavy atom. The third-order valence-electron chi connectivity index (χ3n) is 2.51. The summed E-state index contributed by atoms with van der Waals surface area (Å²) in [6.07, 6.45) is 0. The van der Waals surface area contributed by atoms with Crippen molar-refractivity contribution in [1.82, 2.24) is 4.90 Å². The maximum absolute atomic E-state index is 11.5. The fourth-order valence-electron chi connectivity index (χ4n) is 1.51. The van der Waals surface area contributed by atoms with Crippen LogP contribution in [0.15, 0.2) is 30.3 Å². The maximum Gasteiger partial charge on any atom is 0.331 e. The van der Waals surface area contributed by atoms with Crippen molar-refractivity contribution in [3.8, 4) is 0 Å². The van der Waals surface area contributed by atoms with E-state index in [1.165, 1.54) is 11.8 Å². The molecule has 0 saturated carbocycles. The number of hydrogen-bond donors (Lipinski definition) is 0. The number of benzene rings is 1. The average Bonchev–Trinajstić information content (AvgIpc) is 3.07. The first-order valence-electron chi connectivity index (χ1n) is 5.16. The minimum Gasteiger partial charge on any atom is -0.459 e. The highest BCUT2D eigenvalue weighted by molar-refractivity contribution is 5.88. The van der Waals surface area contributed by atoms with Gasteiger partial charge in [-0.2, -0.15) is 0 Å². The Morgan fingerprint density at radius 1 is 1.38 bits per heavy atom. The molecule has 0 bridgehead atoms. The van der Waals surface area contributed by atoms with Gasteiger partial charge in [0, 0.05) is 6.92 Å². The van der Waals surface area contributed by atoms with Crippen molar-refractivity contribution in [2.24, 2.45) is 0 Å². The Morgan fingerprint density at radius 3 is 2.62 bits per heavy atom. The summed E-state index contributed by atoms with van der Waals surface area (Å²) in [5.41, 5.74) is 0.950. The molecular formula is C12H13NO3. The van der Waals surface area contributed by atoms with Gasteiger partial charge in [-0.05, 0) is 5.56 Å². The van der Waals surface area contributed by atoms with E-state index in [9.17, 15) is 9.59 Å². The fourth-order valence-corrected chi connectivity index (χ4v) is 1.51. The predicted molar refractivity (Wildman–Crippen MR) is 57.4 cm³/mol. The second-order valence-electron chi connectivity index (χ2n) is 3.78. The van der Waals surface area contributed by atoms with E-state index in [0.717, 1.165) is 5.56 Å². The third kappa shape index (κ3) is 2.39. The van der Waals surface area contributed by atoms with Gasteiger partial charge in [0.1, 0.15) is 12.6 Å². The molecule has 1 aliphatic heterocycles. The summed E-state index contributed by atoms with van der Waals surface area (Å²) in [6.45, 7) is 2.20. The van der Waals surface area contributed by atoms with E-state index >= 15 is 0 Å². The van der Waals surface area contributed by atoms with Crippen molar-refractivity contribution in [1.29, 1.82) is 0 Å². The van der Waals surface area contributed by atoms with Crippen LogP contribution in [-0.2, 0) is 20.9 Å². The fraction of sp³-hybridized carbons (Fsp3) is 0.333. The molecule has 0 spiro atoms.